The molecule has 0 aromatic heterocycles. The Morgan fingerprint density at radius 1 is 1.40 bits per heavy atom. The maximum absolute atomic E-state index is 12.3. The van der Waals surface area contributed by atoms with Crippen molar-refractivity contribution in [2.24, 2.45) is 10.9 Å². The average Bonchev–Trinajstić information content (AvgIpc) is 2.43. The third kappa shape index (κ3) is 3.01. The van der Waals surface area contributed by atoms with Crippen LogP contribution in [0.5, 0.6) is 5.75 Å². The van der Waals surface area contributed by atoms with Crippen LogP contribution in [0.4, 0.5) is 0 Å². The molecule has 110 valence electrons. The molecule has 0 spiro atoms. The van der Waals surface area contributed by atoms with E-state index in [0.29, 0.717) is 12.8 Å². The largest absolute Gasteiger partial charge is 0.507 e. The molecular formula is C14H21N3O3. The zero-order chi connectivity index (χ0) is 15.3. The second kappa shape index (κ2) is 6.27. The fourth-order valence-electron chi connectivity index (χ4n) is 2.07. The van der Waals surface area contributed by atoms with Crippen LogP contribution >= 0.6 is 0 Å². The van der Waals surface area contributed by atoms with Gasteiger partial charge in [-0.3, -0.25) is 4.79 Å². The van der Waals surface area contributed by atoms with Crippen molar-refractivity contribution < 1.29 is 15.1 Å². The summed E-state index contributed by atoms with van der Waals surface area (Å²) < 4.78 is 0. The number of oxime groups is 1. The van der Waals surface area contributed by atoms with Crippen molar-refractivity contribution in [1.29, 1.82) is 0 Å². The first kappa shape index (κ1) is 15.8. The van der Waals surface area contributed by atoms with Crippen molar-refractivity contribution in [1.82, 2.24) is 5.32 Å². The zero-order valence-corrected chi connectivity index (χ0v) is 12.0. The molecule has 1 amide bonds. The normalized spacial score (nSPS) is 12.2. The summed E-state index contributed by atoms with van der Waals surface area (Å²) in [6.07, 6.45) is 0.940. The third-order valence-electron chi connectivity index (χ3n) is 3.56. The van der Waals surface area contributed by atoms with Gasteiger partial charge in [-0.05, 0) is 37.5 Å². The molecule has 1 aromatic carbocycles. The van der Waals surface area contributed by atoms with Gasteiger partial charge in [-0.15, -0.1) is 0 Å². The van der Waals surface area contributed by atoms with E-state index in [4.69, 9.17) is 10.9 Å². The minimum Gasteiger partial charge on any atom is -0.507 e. The number of aromatic hydroxyl groups is 1. The molecule has 0 aliphatic carbocycles. The molecule has 20 heavy (non-hydrogen) atoms. The first-order valence-corrected chi connectivity index (χ1v) is 6.50. The molecule has 0 fully saturated rings. The molecule has 0 aliphatic heterocycles. The number of rotatable bonds is 5. The summed E-state index contributed by atoms with van der Waals surface area (Å²) in [5.74, 6) is -0.608. The number of amidine groups is 1. The van der Waals surface area contributed by atoms with Crippen molar-refractivity contribution in [3.63, 3.8) is 0 Å². The van der Waals surface area contributed by atoms with Gasteiger partial charge in [0.2, 0.25) is 0 Å². The molecule has 0 bridgehead atoms. The maximum atomic E-state index is 12.3. The van der Waals surface area contributed by atoms with Gasteiger partial charge in [0.15, 0.2) is 5.84 Å². The number of hydrogen-bond donors (Lipinski definition) is 4. The number of benzene rings is 1. The first-order chi connectivity index (χ1) is 9.40. The molecule has 0 heterocycles. The van der Waals surface area contributed by atoms with Gasteiger partial charge in [-0.2, -0.15) is 0 Å². The van der Waals surface area contributed by atoms with Gasteiger partial charge >= 0.3 is 0 Å². The van der Waals surface area contributed by atoms with Crippen LogP contribution in [0.25, 0.3) is 0 Å². The Morgan fingerprint density at radius 3 is 2.45 bits per heavy atom. The molecule has 6 heteroatoms. The average molecular weight is 279 g/mol. The summed E-state index contributed by atoms with van der Waals surface area (Å²) in [5, 5.41) is 24.4. The van der Waals surface area contributed by atoms with Gasteiger partial charge in [0.1, 0.15) is 11.3 Å². The van der Waals surface area contributed by atoms with E-state index in [0.717, 1.165) is 5.56 Å². The molecule has 1 rings (SSSR count). The molecule has 6 nitrogen and oxygen atoms in total. The molecule has 0 saturated heterocycles. The predicted molar refractivity (Wildman–Crippen MR) is 77.0 cm³/mol. The number of phenolic OH excluding ortho intramolecular Hbond substituents is 1. The van der Waals surface area contributed by atoms with E-state index in [-0.39, 0.29) is 17.1 Å². The molecular weight excluding hydrogens is 258 g/mol. The highest BCUT2D eigenvalue weighted by atomic mass is 16.4. The van der Waals surface area contributed by atoms with Crippen molar-refractivity contribution in [3.05, 3.63) is 29.3 Å². The highest BCUT2D eigenvalue weighted by Gasteiger charge is 2.34. The van der Waals surface area contributed by atoms with Crippen LogP contribution in [-0.4, -0.2) is 27.6 Å². The van der Waals surface area contributed by atoms with E-state index in [2.05, 4.69) is 10.5 Å². The number of phenols is 1. The highest BCUT2D eigenvalue weighted by molar-refractivity contribution is 6.01. The molecule has 0 aliphatic rings. The van der Waals surface area contributed by atoms with Crippen molar-refractivity contribution in [3.8, 4) is 5.75 Å². The standard InChI is InChI=1S/C14H21N3O3/c1-4-14(5-2,13(15)17-20)16-12(19)10-7-6-9(3)8-11(10)18/h6-8,18,20H,4-5H2,1-3H3,(H2,15,17)(H,16,19). The van der Waals surface area contributed by atoms with Gasteiger partial charge in [0, 0.05) is 0 Å². The second-order valence-corrected chi connectivity index (χ2v) is 4.75. The number of amides is 1. The molecule has 0 saturated carbocycles. The number of nitrogens with zero attached hydrogens (tertiary/aromatic N) is 1. The summed E-state index contributed by atoms with van der Waals surface area (Å²) in [5.41, 5.74) is 5.77. The van der Waals surface area contributed by atoms with E-state index >= 15 is 0 Å². The lowest BCUT2D eigenvalue weighted by atomic mass is 9.91. The topological polar surface area (TPSA) is 108 Å². The molecule has 0 radical (unpaired) electrons. The minimum absolute atomic E-state index is 0.0533. The predicted octanol–water partition coefficient (Wildman–Crippen LogP) is 1.74. The van der Waals surface area contributed by atoms with Gasteiger partial charge in [-0.1, -0.05) is 25.1 Å². The smallest absolute Gasteiger partial charge is 0.255 e. The lowest BCUT2D eigenvalue weighted by molar-refractivity contribution is 0.0915. The zero-order valence-electron chi connectivity index (χ0n) is 12.0. The third-order valence-corrected chi connectivity index (χ3v) is 3.56. The number of carbonyl (C=O) groups excluding carboxylic acids is 1. The minimum atomic E-state index is -0.927. The van der Waals surface area contributed by atoms with Crippen LogP contribution in [-0.2, 0) is 0 Å². The van der Waals surface area contributed by atoms with Crippen LogP contribution in [0.2, 0.25) is 0 Å². The van der Waals surface area contributed by atoms with Crippen LogP contribution in [0.1, 0.15) is 42.6 Å². The summed E-state index contributed by atoms with van der Waals surface area (Å²) in [7, 11) is 0. The number of hydrogen-bond acceptors (Lipinski definition) is 4. The summed E-state index contributed by atoms with van der Waals surface area (Å²) in [6, 6.07) is 4.79. The lowest BCUT2D eigenvalue weighted by Gasteiger charge is -2.31. The highest BCUT2D eigenvalue weighted by Crippen LogP contribution is 2.21. The van der Waals surface area contributed by atoms with Crippen molar-refractivity contribution >= 4 is 11.7 Å². The SMILES string of the molecule is CCC(CC)(NC(=O)c1ccc(C)cc1O)/C(N)=N/O. The Labute approximate surface area is 118 Å². The molecule has 5 N–H and O–H groups in total. The quantitative estimate of drug-likeness (QED) is 0.285. The van der Waals surface area contributed by atoms with Crippen molar-refractivity contribution in [2.75, 3.05) is 0 Å². The van der Waals surface area contributed by atoms with Gasteiger partial charge in [-0.25, -0.2) is 0 Å². The molecule has 1 aromatic rings. The van der Waals surface area contributed by atoms with E-state index < -0.39 is 11.4 Å². The Hall–Kier alpha value is -2.24. The van der Waals surface area contributed by atoms with E-state index in [1.54, 1.807) is 12.1 Å². The number of nitrogens with two attached hydrogens (primary N) is 1. The van der Waals surface area contributed by atoms with Gasteiger partial charge < -0.3 is 21.4 Å². The van der Waals surface area contributed by atoms with Crippen molar-refractivity contribution in [2.45, 2.75) is 39.2 Å². The Bertz CT molecular complexity index is 522. The van der Waals surface area contributed by atoms with Crippen LogP contribution in [0, 0.1) is 6.92 Å². The monoisotopic (exact) mass is 279 g/mol. The van der Waals surface area contributed by atoms with E-state index in [9.17, 15) is 9.90 Å². The van der Waals surface area contributed by atoms with Crippen LogP contribution < -0.4 is 11.1 Å². The van der Waals surface area contributed by atoms with Gasteiger partial charge in [0.25, 0.3) is 5.91 Å². The first-order valence-electron chi connectivity index (χ1n) is 6.50. The summed E-state index contributed by atoms with van der Waals surface area (Å²) in [4.78, 5) is 12.3. The lowest BCUT2D eigenvalue weighted by Crippen LogP contribution is -2.56. The summed E-state index contributed by atoms with van der Waals surface area (Å²) in [6.45, 7) is 5.48. The van der Waals surface area contributed by atoms with E-state index in [1.807, 2.05) is 20.8 Å². The van der Waals surface area contributed by atoms with Gasteiger partial charge in [0.05, 0.1) is 5.56 Å². The Kier molecular flexibility index (Phi) is 4.96. The van der Waals surface area contributed by atoms with E-state index in [1.165, 1.54) is 6.07 Å². The second-order valence-electron chi connectivity index (χ2n) is 4.75. The maximum Gasteiger partial charge on any atom is 0.255 e. The molecule has 0 unspecified atom stereocenters. The fraction of sp³-hybridized carbons (Fsp3) is 0.429. The number of nitrogens with one attached hydrogen (secondary N) is 1. The van der Waals surface area contributed by atoms with Crippen LogP contribution in [0.3, 0.4) is 0 Å². The number of aryl methyl sites for hydroxylation is 1. The van der Waals surface area contributed by atoms with Crippen LogP contribution in [0.15, 0.2) is 23.4 Å². The molecule has 0 atom stereocenters. The Balaban J connectivity index is 3.09. The Morgan fingerprint density at radius 2 is 2.00 bits per heavy atom. The number of carbonyl (C=O) groups is 1. The fourth-order valence-corrected chi connectivity index (χ4v) is 2.07. The summed E-state index contributed by atoms with van der Waals surface area (Å²) >= 11 is 0.